The van der Waals surface area contributed by atoms with Gasteiger partial charge in [-0.25, -0.2) is 0 Å². The van der Waals surface area contributed by atoms with Gasteiger partial charge in [-0.05, 0) is 40.4 Å². The quantitative estimate of drug-likeness (QED) is 0.918. The Kier molecular flexibility index (Phi) is 3.92. The maximum atomic E-state index is 5.61. The number of fused-ring (bicyclic) bond motifs is 3. The summed E-state index contributed by atoms with van der Waals surface area (Å²) < 4.78 is 3.23. The summed E-state index contributed by atoms with van der Waals surface area (Å²) >= 11 is 5.39. The highest BCUT2D eigenvalue weighted by atomic mass is 79.9. The van der Waals surface area contributed by atoms with E-state index in [1.165, 1.54) is 25.5 Å². The summed E-state index contributed by atoms with van der Waals surface area (Å²) in [6.07, 6.45) is 4.21. The number of aryl methyl sites for hydroxylation is 2. The molecule has 1 aliphatic rings. The highest BCUT2D eigenvalue weighted by molar-refractivity contribution is 9.11. The van der Waals surface area contributed by atoms with E-state index in [9.17, 15) is 0 Å². The van der Waals surface area contributed by atoms with Gasteiger partial charge in [0.15, 0.2) is 0 Å². The van der Waals surface area contributed by atoms with E-state index in [2.05, 4.69) is 27.1 Å². The Labute approximate surface area is 119 Å². The van der Waals surface area contributed by atoms with Crippen LogP contribution in [0.15, 0.2) is 16.0 Å². The molecule has 2 aromatic heterocycles. The van der Waals surface area contributed by atoms with Crippen molar-refractivity contribution in [2.45, 2.75) is 19.4 Å². The molecule has 0 radical (unpaired) electrons. The molecule has 92 valence electrons. The van der Waals surface area contributed by atoms with Crippen molar-refractivity contribution in [1.29, 1.82) is 0 Å². The normalized spacial score (nSPS) is 12.8. The SMILES string of the molecule is Cl.NCCn1ncc2c1-c1cc(Br)sc1CC2. The standard InChI is InChI=1S/C11H12BrN3S.ClH/c12-10-5-8-9(16-10)2-1-7-6-14-15(4-3-13)11(7)8;/h5-6H,1-4,13H2;1H. The molecule has 0 bridgehead atoms. The predicted molar refractivity (Wildman–Crippen MR) is 77.0 cm³/mol. The van der Waals surface area contributed by atoms with Gasteiger partial charge in [-0.2, -0.15) is 5.10 Å². The zero-order valence-electron chi connectivity index (χ0n) is 9.15. The van der Waals surface area contributed by atoms with Crippen LogP contribution in [0.5, 0.6) is 0 Å². The summed E-state index contributed by atoms with van der Waals surface area (Å²) in [6.45, 7) is 1.43. The Balaban J connectivity index is 0.00000108. The van der Waals surface area contributed by atoms with Crippen molar-refractivity contribution < 1.29 is 0 Å². The molecule has 6 heteroatoms. The van der Waals surface area contributed by atoms with Crippen LogP contribution in [0.2, 0.25) is 0 Å². The fourth-order valence-electron chi connectivity index (χ4n) is 2.24. The third-order valence-electron chi connectivity index (χ3n) is 2.91. The van der Waals surface area contributed by atoms with Gasteiger partial charge in [0.05, 0.1) is 22.2 Å². The lowest BCUT2D eigenvalue weighted by Crippen LogP contribution is -2.13. The first-order valence-electron chi connectivity index (χ1n) is 5.33. The first-order valence-corrected chi connectivity index (χ1v) is 6.94. The van der Waals surface area contributed by atoms with Crippen molar-refractivity contribution in [2.75, 3.05) is 6.54 Å². The number of hydrogen-bond donors (Lipinski definition) is 1. The van der Waals surface area contributed by atoms with Gasteiger partial charge in [0.1, 0.15) is 0 Å². The Morgan fingerprint density at radius 1 is 1.47 bits per heavy atom. The third-order valence-corrected chi connectivity index (χ3v) is 4.61. The molecule has 0 saturated carbocycles. The maximum Gasteiger partial charge on any atom is 0.0726 e. The fraction of sp³-hybridized carbons (Fsp3) is 0.364. The largest absolute Gasteiger partial charge is 0.329 e. The van der Waals surface area contributed by atoms with E-state index in [1.807, 2.05) is 22.2 Å². The smallest absolute Gasteiger partial charge is 0.0726 e. The van der Waals surface area contributed by atoms with Gasteiger partial charge in [-0.3, -0.25) is 4.68 Å². The summed E-state index contributed by atoms with van der Waals surface area (Å²) in [7, 11) is 0. The minimum Gasteiger partial charge on any atom is -0.329 e. The summed E-state index contributed by atoms with van der Waals surface area (Å²) in [5, 5.41) is 4.42. The fourth-order valence-corrected chi connectivity index (χ4v) is 3.94. The van der Waals surface area contributed by atoms with Crippen molar-refractivity contribution in [3.63, 3.8) is 0 Å². The lowest BCUT2D eigenvalue weighted by atomic mass is 9.97. The maximum absolute atomic E-state index is 5.61. The first kappa shape index (κ1) is 13.1. The Morgan fingerprint density at radius 3 is 3.06 bits per heavy atom. The number of thiophene rings is 1. The van der Waals surface area contributed by atoms with E-state index in [0.717, 1.165) is 19.4 Å². The van der Waals surface area contributed by atoms with Gasteiger partial charge in [-0.1, -0.05) is 0 Å². The second kappa shape index (κ2) is 5.10. The molecule has 3 nitrogen and oxygen atoms in total. The molecule has 0 spiro atoms. The molecule has 17 heavy (non-hydrogen) atoms. The number of nitrogens with two attached hydrogens (primary N) is 1. The van der Waals surface area contributed by atoms with Crippen LogP contribution in [0, 0.1) is 0 Å². The van der Waals surface area contributed by atoms with E-state index in [0.29, 0.717) is 6.54 Å². The second-order valence-corrected chi connectivity index (χ2v) is 6.43. The van der Waals surface area contributed by atoms with Gasteiger partial charge in [-0.15, -0.1) is 23.7 Å². The van der Waals surface area contributed by atoms with Gasteiger partial charge in [0, 0.05) is 17.0 Å². The summed E-state index contributed by atoms with van der Waals surface area (Å²) in [5.74, 6) is 0. The Bertz CT molecular complexity index is 535. The molecule has 0 unspecified atom stereocenters. The second-order valence-electron chi connectivity index (χ2n) is 3.92. The van der Waals surface area contributed by atoms with Crippen molar-refractivity contribution in [2.24, 2.45) is 5.73 Å². The van der Waals surface area contributed by atoms with Crippen LogP contribution < -0.4 is 5.73 Å². The van der Waals surface area contributed by atoms with E-state index in [1.54, 1.807) is 0 Å². The number of aromatic nitrogens is 2. The summed E-state index contributed by atoms with van der Waals surface area (Å²) in [6, 6.07) is 2.20. The van der Waals surface area contributed by atoms with Crippen LogP contribution in [0.25, 0.3) is 11.3 Å². The molecule has 0 aromatic carbocycles. The van der Waals surface area contributed by atoms with Crippen LogP contribution in [-0.4, -0.2) is 16.3 Å². The lowest BCUT2D eigenvalue weighted by Gasteiger charge is -2.14. The Hall–Kier alpha value is -0.360. The predicted octanol–water partition coefficient (Wildman–Crippen LogP) is 2.85. The van der Waals surface area contributed by atoms with Crippen LogP contribution in [0.3, 0.4) is 0 Å². The van der Waals surface area contributed by atoms with Gasteiger partial charge < -0.3 is 5.73 Å². The molecule has 2 N–H and O–H groups in total. The van der Waals surface area contributed by atoms with E-state index in [-0.39, 0.29) is 12.4 Å². The van der Waals surface area contributed by atoms with Crippen LogP contribution in [0.1, 0.15) is 10.4 Å². The topological polar surface area (TPSA) is 43.8 Å². The van der Waals surface area contributed by atoms with Crippen molar-refractivity contribution in [3.8, 4) is 11.3 Å². The average Bonchev–Trinajstić information content (AvgIpc) is 2.81. The first-order chi connectivity index (χ1) is 7.79. The molecule has 2 heterocycles. The van der Waals surface area contributed by atoms with Gasteiger partial charge in [0.2, 0.25) is 0 Å². The minimum absolute atomic E-state index is 0. The minimum atomic E-state index is 0. The molecule has 0 amide bonds. The summed E-state index contributed by atoms with van der Waals surface area (Å²) in [5.41, 5.74) is 9.57. The van der Waals surface area contributed by atoms with Crippen LogP contribution >= 0.6 is 39.7 Å². The van der Waals surface area contributed by atoms with Crippen molar-refractivity contribution in [3.05, 3.63) is 26.5 Å². The van der Waals surface area contributed by atoms with Crippen molar-refractivity contribution in [1.82, 2.24) is 9.78 Å². The number of halogens is 2. The van der Waals surface area contributed by atoms with E-state index in [4.69, 9.17) is 5.73 Å². The van der Waals surface area contributed by atoms with Crippen LogP contribution in [-0.2, 0) is 19.4 Å². The zero-order chi connectivity index (χ0) is 11.1. The van der Waals surface area contributed by atoms with Gasteiger partial charge >= 0.3 is 0 Å². The third kappa shape index (κ3) is 2.17. The van der Waals surface area contributed by atoms with E-state index < -0.39 is 0 Å². The average molecular weight is 335 g/mol. The van der Waals surface area contributed by atoms with E-state index >= 15 is 0 Å². The molecular formula is C11H13BrClN3S. The number of rotatable bonds is 2. The number of nitrogens with zero attached hydrogens (tertiary/aromatic N) is 2. The monoisotopic (exact) mass is 333 g/mol. The van der Waals surface area contributed by atoms with Crippen LogP contribution in [0.4, 0.5) is 0 Å². The molecule has 3 rings (SSSR count). The van der Waals surface area contributed by atoms with Crippen molar-refractivity contribution >= 4 is 39.7 Å². The lowest BCUT2D eigenvalue weighted by molar-refractivity contribution is 0.630. The zero-order valence-corrected chi connectivity index (χ0v) is 12.4. The molecule has 2 aromatic rings. The highest BCUT2D eigenvalue weighted by Gasteiger charge is 2.22. The molecule has 0 saturated heterocycles. The molecular weight excluding hydrogens is 322 g/mol. The molecule has 1 aliphatic carbocycles. The highest BCUT2D eigenvalue weighted by Crippen LogP contribution is 2.40. The summed E-state index contributed by atoms with van der Waals surface area (Å²) in [4.78, 5) is 1.46. The Morgan fingerprint density at radius 2 is 2.29 bits per heavy atom. The number of hydrogen-bond acceptors (Lipinski definition) is 3. The van der Waals surface area contributed by atoms with Gasteiger partial charge in [0.25, 0.3) is 0 Å². The molecule has 0 fully saturated rings. The molecule has 0 atom stereocenters. The molecule has 0 aliphatic heterocycles.